The summed E-state index contributed by atoms with van der Waals surface area (Å²) in [6.45, 7) is 1.51. The van der Waals surface area contributed by atoms with Crippen molar-refractivity contribution in [3.63, 3.8) is 0 Å². The fourth-order valence-electron chi connectivity index (χ4n) is 4.49. The minimum Gasteiger partial charge on any atom is -0.417 e. The van der Waals surface area contributed by atoms with Crippen molar-refractivity contribution >= 4 is 16.7 Å². The maximum atomic E-state index is 13.5. The maximum Gasteiger partial charge on any atom is 0.344 e. The molecule has 1 saturated heterocycles. The predicted molar refractivity (Wildman–Crippen MR) is 99.9 cm³/mol. The van der Waals surface area contributed by atoms with Crippen LogP contribution in [0.25, 0.3) is 10.8 Å². The van der Waals surface area contributed by atoms with E-state index in [1.165, 1.54) is 24.3 Å². The van der Waals surface area contributed by atoms with E-state index >= 15 is 0 Å². The van der Waals surface area contributed by atoms with Crippen molar-refractivity contribution in [1.29, 1.82) is 0 Å². The lowest BCUT2D eigenvalue weighted by Crippen LogP contribution is -2.49. The smallest absolute Gasteiger partial charge is 0.344 e. The van der Waals surface area contributed by atoms with Gasteiger partial charge < -0.3 is 13.9 Å². The number of piperidine rings is 1. The molecule has 2 atom stereocenters. The maximum absolute atomic E-state index is 13.5. The lowest BCUT2D eigenvalue weighted by atomic mass is 9.83. The third-order valence-corrected chi connectivity index (χ3v) is 5.70. The van der Waals surface area contributed by atoms with Gasteiger partial charge >= 0.3 is 5.63 Å². The van der Waals surface area contributed by atoms with E-state index < -0.39 is 11.4 Å². The summed E-state index contributed by atoms with van der Waals surface area (Å²) in [6.07, 6.45) is 0.917. The SMILES string of the molecule is O=C(c1cc2cc(F)ccc2c(=O)o1)N1CC2CC(C1)c1cccc(=O)n1C2. The fraction of sp³-hybridized carbons (Fsp3) is 0.286. The van der Waals surface area contributed by atoms with Crippen LogP contribution in [0.4, 0.5) is 4.39 Å². The van der Waals surface area contributed by atoms with E-state index in [4.69, 9.17) is 4.42 Å². The molecule has 0 radical (unpaired) electrons. The molecular formula is C21H17FN2O4. The van der Waals surface area contributed by atoms with Crippen molar-refractivity contribution in [3.8, 4) is 0 Å². The predicted octanol–water partition coefficient (Wildman–Crippen LogP) is 2.35. The van der Waals surface area contributed by atoms with Crippen LogP contribution < -0.4 is 11.2 Å². The van der Waals surface area contributed by atoms with Gasteiger partial charge in [0.25, 0.3) is 11.5 Å². The van der Waals surface area contributed by atoms with E-state index in [0.717, 1.165) is 12.1 Å². The van der Waals surface area contributed by atoms with Gasteiger partial charge in [-0.25, -0.2) is 9.18 Å². The molecule has 2 unspecified atom stereocenters. The minimum atomic E-state index is -0.657. The molecule has 6 nitrogen and oxygen atoms in total. The Balaban J connectivity index is 1.50. The third kappa shape index (κ3) is 2.66. The Kier molecular flexibility index (Phi) is 3.72. The monoisotopic (exact) mass is 380 g/mol. The van der Waals surface area contributed by atoms with Gasteiger partial charge in [-0.2, -0.15) is 0 Å². The molecular weight excluding hydrogens is 363 g/mol. The molecule has 1 amide bonds. The second-order valence-electron chi connectivity index (χ2n) is 7.54. The lowest BCUT2D eigenvalue weighted by molar-refractivity contribution is 0.0559. The summed E-state index contributed by atoms with van der Waals surface area (Å²) in [7, 11) is 0. The number of fused-ring (bicyclic) bond motifs is 5. The van der Waals surface area contributed by atoms with Gasteiger partial charge in [0.05, 0.1) is 5.39 Å². The van der Waals surface area contributed by atoms with Crippen molar-refractivity contribution in [2.24, 2.45) is 5.92 Å². The van der Waals surface area contributed by atoms with E-state index in [1.54, 1.807) is 21.6 Å². The van der Waals surface area contributed by atoms with E-state index in [9.17, 15) is 18.8 Å². The van der Waals surface area contributed by atoms with Gasteiger partial charge in [-0.1, -0.05) is 6.07 Å². The van der Waals surface area contributed by atoms with E-state index in [0.29, 0.717) is 25.0 Å². The van der Waals surface area contributed by atoms with Crippen LogP contribution in [0.2, 0.25) is 0 Å². The summed E-state index contributed by atoms with van der Waals surface area (Å²) >= 11 is 0. The number of likely N-dealkylation sites (tertiary alicyclic amines) is 1. The molecule has 0 spiro atoms. The summed E-state index contributed by atoms with van der Waals surface area (Å²) in [6, 6.07) is 10.4. The summed E-state index contributed by atoms with van der Waals surface area (Å²) < 4.78 is 20.6. The van der Waals surface area contributed by atoms with Crippen LogP contribution in [0.1, 0.15) is 28.6 Å². The van der Waals surface area contributed by atoms with Crippen molar-refractivity contribution in [3.05, 3.63) is 80.5 Å². The zero-order chi connectivity index (χ0) is 19.4. The number of hydrogen-bond acceptors (Lipinski definition) is 4. The molecule has 1 aromatic carbocycles. The van der Waals surface area contributed by atoms with Crippen molar-refractivity contribution < 1.29 is 13.6 Å². The average molecular weight is 380 g/mol. The highest BCUT2D eigenvalue weighted by Gasteiger charge is 2.37. The van der Waals surface area contributed by atoms with Crippen molar-refractivity contribution in [1.82, 2.24) is 9.47 Å². The van der Waals surface area contributed by atoms with Crippen LogP contribution in [0.15, 0.2) is 56.5 Å². The summed E-state index contributed by atoms with van der Waals surface area (Å²) in [4.78, 5) is 39.0. The molecule has 2 aliphatic heterocycles. The average Bonchev–Trinajstić information content (AvgIpc) is 2.67. The van der Waals surface area contributed by atoms with Crippen LogP contribution in [0.5, 0.6) is 0 Å². The lowest BCUT2D eigenvalue weighted by Gasteiger charge is -2.42. The highest BCUT2D eigenvalue weighted by molar-refractivity contribution is 5.95. The number of rotatable bonds is 1. The van der Waals surface area contributed by atoms with Gasteiger partial charge in [0.1, 0.15) is 5.82 Å². The van der Waals surface area contributed by atoms with Gasteiger partial charge in [-0.15, -0.1) is 0 Å². The van der Waals surface area contributed by atoms with Crippen molar-refractivity contribution in [2.75, 3.05) is 13.1 Å². The minimum absolute atomic E-state index is 0.0190. The summed E-state index contributed by atoms with van der Waals surface area (Å²) in [5.41, 5.74) is 0.257. The number of carbonyl (C=O) groups excluding carboxylic acids is 1. The van der Waals surface area contributed by atoms with Gasteiger partial charge in [0.2, 0.25) is 0 Å². The first-order valence-electron chi connectivity index (χ1n) is 9.22. The Hall–Kier alpha value is -3.22. The molecule has 2 aliphatic rings. The number of amides is 1. The number of benzene rings is 1. The number of pyridine rings is 1. The summed E-state index contributed by atoms with van der Waals surface area (Å²) in [5.74, 6) is -0.723. The molecule has 2 aromatic heterocycles. The molecule has 5 rings (SSSR count). The van der Waals surface area contributed by atoms with Crippen molar-refractivity contribution in [2.45, 2.75) is 18.9 Å². The molecule has 4 heterocycles. The Morgan fingerprint density at radius 2 is 1.93 bits per heavy atom. The Morgan fingerprint density at radius 3 is 2.79 bits per heavy atom. The molecule has 0 aliphatic carbocycles. The molecule has 7 heteroatoms. The van der Waals surface area contributed by atoms with Gasteiger partial charge in [0, 0.05) is 37.3 Å². The van der Waals surface area contributed by atoms with Gasteiger partial charge in [-0.05, 0) is 48.1 Å². The van der Waals surface area contributed by atoms with E-state index in [-0.39, 0.29) is 34.4 Å². The van der Waals surface area contributed by atoms with Gasteiger partial charge in [-0.3, -0.25) is 9.59 Å². The molecule has 0 saturated carbocycles. The van der Waals surface area contributed by atoms with Crippen LogP contribution in [0.3, 0.4) is 0 Å². The molecule has 2 bridgehead atoms. The number of halogens is 1. The van der Waals surface area contributed by atoms with Crippen LogP contribution in [-0.2, 0) is 6.54 Å². The molecule has 3 aromatic rings. The Labute approximate surface area is 158 Å². The number of hydrogen-bond donors (Lipinski definition) is 0. The van der Waals surface area contributed by atoms with E-state index in [2.05, 4.69) is 0 Å². The van der Waals surface area contributed by atoms with Crippen LogP contribution in [-0.4, -0.2) is 28.5 Å². The van der Waals surface area contributed by atoms with Gasteiger partial charge in [0.15, 0.2) is 5.76 Å². The molecule has 142 valence electrons. The standard InChI is InChI=1S/C21H17FN2O4/c22-15-4-5-16-13(7-15)8-18(28-21(16)27)20(26)23-9-12-6-14(11-23)17-2-1-3-19(25)24(17)10-12/h1-5,7-8,12,14H,6,9-11H2. The zero-order valence-corrected chi connectivity index (χ0v) is 14.9. The second-order valence-corrected chi connectivity index (χ2v) is 7.54. The Morgan fingerprint density at radius 1 is 1.07 bits per heavy atom. The van der Waals surface area contributed by atoms with Crippen LogP contribution in [0, 0.1) is 11.7 Å². The zero-order valence-electron chi connectivity index (χ0n) is 14.9. The number of carbonyl (C=O) groups is 1. The molecule has 0 N–H and O–H groups in total. The normalized spacial score (nSPS) is 20.8. The molecule has 28 heavy (non-hydrogen) atoms. The highest BCUT2D eigenvalue weighted by Crippen LogP contribution is 2.35. The quantitative estimate of drug-likeness (QED) is 0.650. The number of nitrogens with zero attached hydrogens (tertiary/aromatic N) is 2. The fourth-order valence-corrected chi connectivity index (χ4v) is 4.49. The van der Waals surface area contributed by atoms with E-state index in [1.807, 2.05) is 6.07 Å². The summed E-state index contributed by atoms with van der Waals surface area (Å²) in [5, 5.41) is 0.579. The first-order chi connectivity index (χ1) is 13.5. The first-order valence-corrected chi connectivity index (χ1v) is 9.22. The third-order valence-electron chi connectivity index (χ3n) is 5.70. The first kappa shape index (κ1) is 16.9. The van der Waals surface area contributed by atoms with Crippen LogP contribution >= 0.6 is 0 Å². The topological polar surface area (TPSA) is 72.5 Å². The molecule has 1 fully saturated rings. The highest BCUT2D eigenvalue weighted by atomic mass is 19.1. The largest absolute Gasteiger partial charge is 0.417 e. The Bertz CT molecular complexity index is 1230. The number of aromatic nitrogens is 1. The second kappa shape index (κ2) is 6.15.